The standard InChI is InChI=1S/C30H24Br2S/c31-29-15-11-23(12-16-29)19-27(25-7-3-1-4-8-25)21-33-22-28(26-9-5-2-6-10-26)20-24-13-17-30(32)18-14-24/h1-20H,21-22H2. The normalized spacial score (nSPS) is 12.1. The van der Waals surface area contributed by atoms with Gasteiger partial charge in [-0.25, -0.2) is 0 Å². The van der Waals surface area contributed by atoms with Crippen molar-refractivity contribution in [3.63, 3.8) is 0 Å². The fraction of sp³-hybridized carbons (Fsp3) is 0.0667. The number of benzene rings is 4. The van der Waals surface area contributed by atoms with Gasteiger partial charge in [0.1, 0.15) is 0 Å². The maximum Gasteiger partial charge on any atom is 0.0194 e. The van der Waals surface area contributed by atoms with E-state index >= 15 is 0 Å². The Kier molecular flexibility index (Phi) is 8.82. The Hall–Kier alpha value is -2.33. The monoisotopic (exact) mass is 574 g/mol. The Balaban J connectivity index is 1.56. The summed E-state index contributed by atoms with van der Waals surface area (Å²) < 4.78 is 2.20. The number of hydrogen-bond acceptors (Lipinski definition) is 1. The largest absolute Gasteiger partial charge is 0.152 e. The van der Waals surface area contributed by atoms with Crippen molar-refractivity contribution >= 4 is 66.9 Å². The molecule has 164 valence electrons. The summed E-state index contributed by atoms with van der Waals surface area (Å²) in [5, 5.41) is 0. The van der Waals surface area contributed by atoms with Crippen LogP contribution in [-0.4, -0.2) is 11.5 Å². The van der Waals surface area contributed by atoms with Gasteiger partial charge in [-0.05, 0) is 57.7 Å². The van der Waals surface area contributed by atoms with Gasteiger partial charge in [0.2, 0.25) is 0 Å². The lowest BCUT2D eigenvalue weighted by atomic mass is 10.0. The van der Waals surface area contributed by atoms with Gasteiger partial charge in [0.15, 0.2) is 0 Å². The average molecular weight is 576 g/mol. The molecule has 0 radical (unpaired) electrons. The van der Waals surface area contributed by atoms with Crippen molar-refractivity contribution in [1.29, 1.82) is 0 Å². The summed E-state index contributed by atoms with van der Waals surface area (Å²) >= 11 is 9.02. The topological polar surface area (TPSA) is 0 Å². The first-order valence-electron chi connectivity index (χ1n) is 10.8. The number of rotatable bonds is 8. The molecule has 0 aromatic heterocycles. The van der Waals surface area contributed by atoms with E-state index in [9.17, 15) is 0 Å². The highest BCUT2D eigenvalue weighted by Crippen LogP contribution is 2.28. The van der Waals surface area contributed by atoms with Crippen molar-refractivity contribution < 1.29 is 0 Å². The first kappa shape index (κ1) is 23.8. The second kappa shape index (κ2) is 12.2. The van der Waals surface area contributed by atoms with Crippen LogP contribution in [0.3, 0.4) is 0 Å². The fourth-order valence-electron chi connectivity index (χ4n) is 3.51. The van der Waals surface area contributed by atoms with E-state index in [2.05, 4.69) is 153 Å². The third-order valence-corrected chi connectivity index (χ3v) is 7.31. The lowest BCUT2D eigenvalue weighted by Crippen LogP contribution is -1.93. The van der Waals surface area contributed by atoms with Crippen LogP contribution in [0.1, 0.15) is 22.3 Å². The van der Waals surface area contributed by atoms with E-state index in [-0.39, 0.29) is 0 Å². The van der Waals surface area contributed by atoms with E-state index in [0.29, 0.717) is 0 Å². The molecule has 4 aromatic carbocycles. The summed E-state index contributed by atoms with van der Waals surface area (Å²) in [5.41, 5.74) is 7.63. The Labute approximate surface area is 217 Å². The molecule has 0 heterocycles. The van der Waals surface area contributed by atoms with Gasteiger partial charge in [0.25, 0.3) is 0 Å². The van der Waals surface area contributed by atoms with E-state index < -0.39 is 0 Å². The predicted octanol–water partition coefficient (Wildman–Crippen LogP) is 9.73. The van der Waals surface area contributed by atoms with Crippen LogP contribution in [0.2, 0.25) is 0 Å². The summed E-state index contributed by atoms with van der Waals surface area (Å²) in [7, 11) is 0. The van der Waals surface area contributed by atoms with Crippen LogP contribution >= 0.6 is 43.6 Å². The molecule has 33 heavy (non-hydrogen) atoms. The molecule has 0 aliphatic rings. The lowest BCUT2D eigenvalue weighted by Gasteiger charge is -2.12. The van der Waals surface area contributed by atoms with E-state index in [0.717, 1.165) is 20.5 Å². The van der Waals surface area contributed by atoms with Gasteiger partial charge in [0.05, 0.1) is 0 Å². The van der Waals surface area contributed by atoms with Gasteiger partial charge >= 0.3 is 0 Å². The fourth-order valence-corrected chi connectivity index (χ4v) is 5.08. The van der Waals surface area contributed by atoms with Crippen molar-refractivity contribution in [2.24, 2.45) is 0 Å². The molecule has 0 saturated carbocycles. The van der Waals surface area contributed by atoms with Gasteiger partial charge in [0, 0.05) is 20.5 Å². The third kappa shape index (κ3) is 7.33. The molecule has 0 saturated heterocycles. The molecule has 0 aliphatic heterocycles. The second-order valence-corrected chi connectivity index (χ2v) is 10.5. The van der Waals surface area contributed by atoms with Gasteiger partial charge in [-0.3, -0.25) is 0 Å². The molecule has 0 spiro atoms. The molecule has 0 bridgehead atoms. The van der Waals surface area contributed by atoms with E-state index in [1.54, 1.807) is 0 Å². The van der Waals surface area contributed by atoms with Crippen LogP contribution < -0.4 is 0 Å². The van der Waals surface area contributed by atoms with Gasteiger partial charge in [-0.2, -0.15) is 11.8 Å². The van der Waals surface area contributed by atoms with Crippen LogP contribution in [-0.2, 0) is 0 Å². The minimum Gasteiger partial charge on any atom is -0.152 e. The van der Waals surface area contributed by atoms with Crippen molar-refractivity contribution in [2.75, 3.05) is 11.5 Å². The zero-order valence-electron chi connectivity index (χ0n) is 18.1. The summed E-state index contributed by atoms with van der Waals surface area (Å²) in [4.78, 5) is 0. The molecule has 4 aromatic rings. The van der Waals surface area contributed by atoms with Crippen molar-refractivity contribution in [3.8, 4) is 0 Å². The third-order valence-electron chi connectivity index (χ3n) is 5.23. The quantitative estimate of drug-likeness (QED) is 0.188. The number of halogens is 2. The molecule has 0 fully saturated rings. The Morgan fingerprint density at radius 3 is 1.24 bits per heavy atom. The first-order valence-corrected chi connectivity index (χ1v) is 13.5. The summed E-state index contributed by atoms with van der Waals surface area (Å²) in [6.07, 6.45) is 4.60. The smallest absolute Gasteiger partial charge is 0.0194 e. The number of thioether (sulfide) groups is 1. The van der Waals surface area contributed by atoms with Crippen LogP contribution in [0, 0.1) is 0 Å². The van der Waals surface area contributed by atoms with Crippen LogP contribution in [0.25, 0.3) is 23.3 Å². The van der Waals surface area contributed by atoms with Gasteiger partial charge < -0.3 is 0 Å². The Bertz CT molecular complexity index is 1110. The Morgan fingerprint density at radius 1 is 0.515 bits per heavy atom. The molecule has 3 heteroatoms. The molecular weight excluding hydrogens is 552 g/mol. The summed E-state index contributed by atoms with van der Waals surface area (Å²) in [5.74, 6) is 1.87. The maximum atomic E-state index is 3.53. The number of hydrogen-bond donors (Lipinski definition) is 0. The molecule has 4 rings (SSSR count). The zero-order valence-corrected chi connectivity index (χ0v) is 22.1. The molecule has 0 nitrogen and oxygen atoms in total. The van der Waals surface area contributed by atoms with E-state index in [1.165, 1.54) is 33.4 Å². The highest BCUT2D eigenvalue weighted by Gasteiger charge is 2.07. The predicted molar refractivity (Wildman–Crippen MR) is 154 cm³/mol. The summed E-state index contributed by atoms with van der Waals surface area (Å²) in [6.45, 7) is 0. The molecule has 0 atom stereocenters. The first-order chi connectivity index (χ1) is 16.2. The minimum absolute atomic E-state index is 0.935. The average Bonchev–Trinajstić information content (AvgIpc) is 2.86. The summed E-state index contributed by atoms with van der Waals surface area (Å²) in [6, 6.07) is 38.3. The maximum absolute atomic E-state index is 3.53. The van der Waals surface area contributed by atoms with Crippen molar-refractivity contribution in [3.05, 3.63) is 140 Å². The van der Waals surface area contributed by atoms with Gasteiger partial charge in [-0.15, -0.1) is 0 Å². The SMILES string of the molecule is Brc1ccc(C=C(CSCC(=Cc2ccc(Br)cc2)c2ccccc2)c2ccccc2)cc1. The van der Waals surface area contributed by atoms with E-state index in [1.807, 2.05) is 11.8 Å². The molecule has 0 aliphatic carbocycles. The second-order valence-electron chi connectivity index (χ2n) is 7.67. The minimum atomic E-state index is 0.935. The highest BCUT2D eigenvalue weighted by molar-refractivity contribution is 9.10. The van der Waals surface area contributed by atoms with Crippen LogP contribution in [0.4, 0.5) is 0 Å². The zero-order chi connectivity index (χ0) is 22.9. The lowest BCUT2D eigenvalue weighted by molar-refractivity contribution is 1.55. The van der Waals surface area contributed by atoms with Crippen LogP contribution in [0.5, 0.6) is 0 Å². The van der Waals surface area contributed by atoms with Crippen molar-refractivity contribution in [2.45, 2.75) is 0 Å². The molecule has 0 N–H and O–H groups in total. The van der Waals surface area contributed by atoms with Crippen LogP contribution in [0.15, 0.2) is 118 Å². The Morgan fingerprint density at radius 2 is 0.879 bits per heavy atom. The molecular formula is C30H24Br2S. The highest BCUT2D eigenvalue weighted by atomic mass is 79.9. The van der Waals surface area contributed by atoms with Gasteiger partial charge in [-0.1, -0.05) is 129 Å². The van der Waals surface area contributed by atoms with E-state index in [4.69, 9.17) is 0 Å². The molecule has 0 unspecified atom stereocenters. The van der Waals surface area contributed by atoms with Crippen molar-refractivity contribution in [1.82, 2.24) is 0 Å². The molecule has 0 amide bonds.